The van der Waals surface area contributed by atoms with Crippen LogP contribution in [0.1, 0.15) is 25.7 Å². The average molecular weight is 323 g/mol. The highest BCUT2D eigenvalue weighted by Gasteiger charge is 2.35. The second-order valence-electron chi connectivity index (χ2n) is 5.36. The van der Waals surface area contributed by atoms with Gasteiger partial charge >= 0.3 is 0 Å². The zero-order valence-electron chi connectivity index (χ0n) is 11.2. The monoisotopic (exact) mass is 323 g/mol. The summed E-state index contributed by atoms with van der Waals surface area (Å²) in [5, 5.41) is 9.40. The molecule has 1 aliphatic rings. The molecule has 118 valence electrons. The molecule has 1 aromatic carbocycles. The Labute approximate surface area is 121 Å². The van der Waals surface area contributed by atoms with E-state index in [1.807, 2.05) is 0 Å². The lowest BCUT2D eigenvalue weighted by molar-refractivity contribution is 0.134. The quantitative estimate of drug-likeness (QED) is 0.814. The lowest BCUT2D eigenvalue weighted by Gasteiger charge is -2.26. The fourth-order valence-electron chi connectivity index (χ4n) is 2.56. The summed E-state index contributed by atoms with van der Waals surface area (Å²) in [7, 11) is -4.31. The first-order chi connectivity index (χ1) is 9.81. The molecule has 0 spiro atoms. The number of hydrogen-bond donors (Lipinski definition) is 2. The fraction of sp³-hybridized carbons (Fsp3) is 0.538. The molecule has 2 rings (SSSR count). The smallest absolute Gasteiger partial charge is 0.243 e. The van der Waals surface area contributed by atoms with Crippen molar-refractivity contribution in [2.45, 2.75) is 30.6 Å². The minimum atomic E-state index is -4.31. The van der Waals surface area contributed by atoms with Crippen LogP contribution in [0, 0.1) is 22.9 Å². The summed E-state index contributed by atoms with van der Waals surface area (Å²) in [6.07, 6.45) is 3.07. The van der Waals surface area contributed by atoms with Crippen molar-refractivity contribution in [2.24, 2.45) is 5.41 Å². The Morgan fingerprint density at radius 1 is 1.14 bits per heavy atom. The molecule has 0 unspecified atom stereocenters. The van der Waals surface area contributed by atoms with E-state index in [2.05, 4.69) is 4.72 Å². The zero-order valence-corrected chi connectivity index (χ0v) is 12.0. The van der Waals surface area contributed by atoms with Gasteiger partial charge in [0.2, 0.25) is 10.0 Å². The van der Waals surface area contributed by atoms with Gasteiger partial charge in [0.15, 0.2) is 17.5 Å². The van der Waals surface area contributed by atoms with Crippen LogP contribution < -0.4 is 4.72 Å². The first-order valence-corrected chi connectivity index (χ1v) is 8.04. The van der Waals surface area contributed by atoms with Gasteiger partial charge in [-0.2, -0.15) is 0 Å². The Balaban J connectivity index is 2.21. The van der Waals surface area contributed by atoms with E-state index in [4.69, 9.17) is 0 Å². The number of benzene rings is 1. The highest BCUT2D eigenvalue weighted by atomic mass is 32.2. The van der Waals surface area contributed by atoms with Gasteiger partial charge in [0.1, 0.15) is 4.90 Å². The molecule has 1 fully saturated rings. The number of aliphatic hydroxyl groups excluding tert-OH is 1. The van der Waals surface area contributed by atoms with Crippen molar-refractivity contribution in [1.82, 2.24) is 4.72 Å². The van der Waals surface area contributed by atoms with E-state index in [9.17, 15) is 26.7 Å². The molecule has 0 atom stereocenters. The minimum absolute atomic E-state index is 0.0652. The summed E-state index contributed by atoms with van der Waals surface area (Å²) in [5.74, 6) is -5.02. The molecule has 2 N–H and O–H groups in total. The lowest BCUT2D eigenvalue weighted by Crippen LogP contribution is -2.38. The first kappa shape index (κ1) is 16.3. The molecule has 8 heteroatoms. The van der Waals surface area contributed by atoms with Gasteiger partial charge in [0.05, 0.1) is 0 Å². The summed E-state index contributed by atoms with van der Waals surface area (Å²) < 4.78 is 65.7. The Kier molecular flexibility index (Phi) is 4.60. The summed E-state index contributed by atoms with van der Waals surface area (Å²) in [6, 6.07) is 1.24. The number of hydrogen-bond acceptors (Lipinski definition) is 3. The van der Waals surface area contributed by atoms with Gasteiger partial charge in [-0.15, -0.1) is 0 Å². The van der Waals surface area contributed by atoms with Crippen LogP contribution in [-0.4, -0.2) is 26.7 Å². The van der Waals surface area contributed by atoms with Gasteiger partial charge in [0.25, 0.3) is 0 Å². The predicted octanol–water partition coefficient (Wildman–Crippen LogP) is 1.93. The van der Waals surface area contributed by atoms with Crippen LogP contribution in [0.15, 0.2) is 17.0 Å². The molecule has 1 aliphatic carbocycles. The fourth-order valence-corrected chi connectivity index (χ4v) is 3.78. The van der Waals surface area contributed by atoms with E-state index < -0.39 is 37.8 Å². The van der Waals surface area contributed by atoms with Gasteiger partial charge in [-0.3, -0.25) is 0 Å². The van der Waals surface area contributed by atoms with Gasteiger partial charge in [0, 0.05) is 18.6 Å². The topological polar surface area (TPSA) is 66.4 Å². The van der Waals surface area contributed by atoms with Gasteiger partial charge < -0.3 is 5.11 Å². The van der Waals surface area contributed by atoms with Crippen molar-refractivity contribution in [2.75, 3.05) is 13.2 Å². The molecule has 1 aromatic rings. The molecular formula is C13H16F3NO3S. The van der Waals surface area contributed by atoms with E-state index in [0.29, 0.717) is 25.0 Å². The molecule has 0 heterocycles. The Morgan fingerprint density at radius 3 is 2.33 bits per heavy atom. The van der Waals surface area contributed by atoms with Crippen molar-refractivity contribution >= 4 is 10.0 Å². The van der Waals surface area contributed by atoms with Crippen LogP contribution in [0.3, 0.4) is 0 Å². The first-order valence-electron chi connectivity index (χ1n) is 6.55. The van der Waals surface area contributed by atoms with Crippen molar-refractivity contribution in [1.29, 1.82) is 0 Å². The van der Waals surface area contributed by atoms with E-state index in [-0.39, 0.29) is 13.2 Å². The zero-order chi connectivity index (χ0) is 15.7. The molecule has 0 aliphatic heterocycles. The Hall–Kier alpha value is -1.12. The summed E-state index contributed by atoms with van der Waals surface area (Å²) in [5.41, 5.74) is -0.567. The normalized spacial score (nSPS) is 18.1. The third-order valence-corrected chi connectivity index (χ3v) is 5.34. The Bertz CT molecular complexity index is 628. The maximum absolute atomic E-state index is 13.6. The number of nitrogens with one attached hydrogen (secondary N) is 1. The van der Waals surface area contributed by atoms with Crippen LogP contribution in [0.4, 0.5) is 13.2 Å². The van der Waals surface area contributed by atoms with E-state index in [1.54, 1.807) is 0 Å². The van der Waals surface area contributed by atoms with Crippen molar-refractivity contribution in [3.63, 3.8) is 0 Å². The van der Waals surface area contributed by atoms with E-state index in [0.717, 1.165) is 12.8 Å². The largest absolute Gasteiger partial charge is 0.396 e. The van der Waals surface area contributed by atoms with Gasteiger partial charge in [-0.25, -0.2) is 26.3 Å². The predicted molar refractivity (Wildman–Crippen MR) is 69.5 cm³/mol. The van der Waals surface area contributed by atoms with Crippen molar-refractivity contribution < 1.29 is 26.7 Å². The molecule has 0 radical (unpaired) electrons. The molecule has 21 heavy (non-hydrogen) atoms. The molecule has 4 nitrogen and oxygen atoms in total. The third-order valence-electron chi connectivity index (χ3n) is 3.93. The molecule has 0 aromatic heterocycles. The van der Waals surface area contributed by atoms with E-state index in [1.165, 1.54) is 0 Å². The highest BCUT2D eigenvalue weighted by molar-refractivity contribution is 7.89. The van der Waals surface area contributed by atoms with Crippen LogP contribution in [0.2, 0.25) is 0 Å². The molecule has 0 saturated heterocycles. The van der Waals surface area contributed by atoms with Crippen molar-refractivity contribution in [3.05, 3.63) is 29.6 Å². The van der Waals surface area contributed by atoms with Crippen LogP contribution in [0.25, 0.3) is 0 Å². The summed E-state index contributed by atoms with van der Waals surface area (Å²) in [4.78, 5) is -0.938. The minimum Gasteiger partial charge on any atom is -0.396 e. The van der Waals surface area contributed by atoms with Crippen LogP contribution >= 0.6 is 0 Å². The number of sulfonamides is 1. The SMILES string of the molecule is O=S(=O)(NCC1(CO)CCCC1)c1ccc(F)c(F)c1F. The second kappa shape index (κ2) is 5.94. The number of halogens is 3. The molecular weight excluding hydrogens is 307 g/mol. The molecule has 0 bridgehead atoms. The number of rotatable bonds is 5. The van der Waals surface area contributed by atoms with Crippen molar-refractivity contribution in [3.8, 4) is 0 Å². The number of aliphatic hydroxyl groups is 1. The average Bonchev–Trinajstić information content (AvgIpc) is 2.92. The Morgan fingerprint density at radius 2 is 1.76 bits per heavy atom. The van der Waals surface area contributed by atoms with Crippen LogP contribution in [0.5, 0.6) is 0 Å². The standard InChI is InChI=1S/C13H16F3NO3S/c14-9-3-4-10(12(16)11(9)15)21(19,20)17-7-13(8-18)5-1-2-6-13/h3-4,17-18H,1-2,5-8H2. The summed E-state index contributed by atoms with van der Waals surface area (Å²) in [6.45, 7) is -0.250. The summed E-state index contributed by atoms with van der Waals surface area (Å²) >= 11 is 0. The molecule has 1 saturated carbocycles. The second-order valence-corrected chi connectivity index (χ2v) is 7.10. The maximum Gasteiger partial charge on any atom is 0.243 e. The van der Waals surface area contributed by atoms with Gasteiger partial charge in [-0.1, -0.05) is 12.8 Å². The van der Waals surface area contributed by atoms with E-state index >= 15 is 0 Å². The van der Waals surface area contributed by atoms with Crippen LogP contribution in [-0.2, 0) is 10.0 Å². The maximum atomic E-state index is 13.6. The van der Waals surface area contributed by atoms with Gasteiger partial charge in [-0.05, 0) is 25.0 Å². The third kappa shape index (κ3) is 3.22. The lowest BCUT2D eigenvalue weighted by atomic mass is 9.88. The molecule has 0 amide bonds. The highest BCUT2D eigenvalue weighted by Crippen LogP contribution is 2.37.